The zero-order chi connectivity index (χ0) is 15.4. The van der Waals surface area contributed by atoms with Crippen molar-refractivity contribution in [3.63, 3.8) is 0 Å². The Morgan fingerprint density at radius 2 is 2.10 bits per heavy atom. The fourth-order valence-corrected chi connectivity index (χ4v) is 3.46. The Labute approximate surface area is 146 Å². The third kappa shape index (κ3) is 4.03. The van der Waals surface area contributed by atoms with E-state index in [1.54, 1.807) is 7.11 Å². The second-order valence-corrected chi connectivity index (χ2v) is 6.61. The first kappa shape index (κ1) is 16.9. The molecule has 1 unspecified atom stereocenters. The summed E-state index contributed by atoms with van der Waals surface area (Å²) in [6.45, 7) is 2.98. The quantitative estimate of drug-likeness (QED) is 0.643. The fraction of sp³-hybridized carbons (Fsp3) is 0.333. The molecule has 0 aliphatic rings. The molecule has 21 heavy (non-hydrogen) atoms. The molecule has 0 saturated heterocycles. The van der Waals surface area contributed by atoms with Crippen molar-refractivity contribution in [1.29, 1.82) is 0 Å². The van der Waals surface area contributed by atoms with Crippen molar-refractivity contribution in [2.75, 3.05) is 13.7 Å². The molecule has 0 aliphatic heterocycles. The van der Waals surface area contributed by atoms with Gasteiger partial charge in [-0.1, -0.05) is 18.5 Å². The highest BCUT2D eigenvalue weighted by atomic mass is 79.9. The predicted molar refractivity (Wildman–Crippen MR) is 92.2 cm³/mol. The molecule has 1 aromatic heterocycles. The van der Waals surface area contributed by atoms with E-state index in [1.165, 1.54) is 0 Å². The maximum atomic E-state index is 6.20. The third-order valence-corrected chi connectivity index (χ3v) is 4.26. The highest BCUT2D eigenvalue weighted by Gasteiger charge is 2.23. The molecule has 3 nitrogen and oxygen atoms in total. The van der Waals surface area contributed by atoms with Crippen LogP contribution in [-0.4, -0.2) is 13.7 Å². The van der Waals surface area contributed by atoms with E-state index >= 15 is 0 Å². The van der Waals surface area contributed by atoms with E-state index in [2.05, 4.69) is 44.1 Å². The molecule has 2 rings (SSSR count). The topological polar surface area (TPSA) is 34.4 Å². The molecule has 114 valence electrons. The zero-order valence-electron chi connectivity index (χ0n) is 11.8. The highest BCUT2D eigenvalue weighted by molar-refractivity contribution is 9.10. The number of halogens is 3. The monoisotopic (exact) mass is 435 g/mol. The second-order valence-electron chi connectivity index (χ2n) is 4.54. The average molecular weight is 438 g/mol. The molecule has 1 atom stereocenters. The van der Waals surface area contributed by atoms with Gasteiger partial charge < -0.3 is 14.5 Å². The van der Waals surface area contributed by atoms with Crippen molar-refractivity contribution in [3.8, 4) is 5.75 Å². The van der Waals surface area contributed by atoms with Crippen molar-refractivity contribution < 1.29 is 9.15 Å². The minimum Gasteiger partial charge on any atom is -0.495 e. The summed E-state index contributed by atoms with van der Waals surface area (Å²) in [6.07, 6.45) is 1.02. The largest absolute Gasteiger partial charge is 0.495 e. The average Bonchev–Trinajstić information content (AvgIpc) is 2.85. The Balaban J connectivity index is 2.50. The van der Waals surface area contributed by atoms with Crippen LogP contribution in [0, 0.1) is 0 Å². The molecule has 0 saturated carbocycles. The van der Waals surface area contributed by atoms with Crippen LogP contribution in [0.2, 0.25) is 5.02 Å². The number of ether oxygens (including phenoxy) is 1. The van der Waals surface area contributed by atoms with Crippen molar-refractivity contribution >= 4 is 43.5 Å². The van der Waals surface area contributed by atoms with Gasteiger partial charge in [-0.25, -0.2) is 0 Å². The Kier molecular flexibility index (Phi) is 6.17. The van der Waals surface area contributed by atoms with Gasteiger partial charge in [0.2, 0.25) is 0 Å². The van der Waals surface area contributed by atoms with E-state index in [4.69, 9.17) is 20.8 Å². The van der Waals surface area contributed by atoms with Gasteiger partial charge in [-0.2, -0.15) is 0 Å². The van der Waals surface area contributed by atoms with E-state index in [9.17, 15) is 0 Å². The van der Waals surface area contributed by atoms with Crippen LogP contribution < -0.4 is 10.1 Å². The molecular formula is C15H16Br2ClNO2. The van der Waals surface area contributed by atoms with Gasteiger partial charge in [0.25, 0.3) is 0 Å². The summed E-state index contributed by atoms with van der Waals surface area (Å²) >= 11 is 13.0. The van der Waals surface area contributed by atoms with Crippen molar-refractivity contribution in [2.24, 2.45) is 0 Å². The van der Waals surface area contributed by atoms with Crippen LogP contribution in [0.5, 0.6) is 5.75 Å². The lowest BCUT2D eigenvalue weighted by atomic mass is 10.0. The van der Waals surface area contributed by atoms with Crippen LogP contribution >= 0.6 is 43.5 Å². The minimum atomic E-state index is -0.124. The summed E-state index contributed by atoms with van der Waals surface area (Å²) in [5.41, 5.74) is 0.937. The smallest absolute Gasteiger partial charge is 0.169 e. The highest BCUT2D eigenvalue weighted by Crippen LogP contribution is 2.39. The van der Waals surface area contributed by atoms with Gasteiger partial charge in [0.05, 0.1) is 17.6 Å². The molecule has 0 amide bonds. The number of rotatable bonds is 6. The lowest BCUT2D eigenvalue weighted by Gasteiger charge is -2.20. The SMILES string of the molecule is CCCNC(c1ccc(Br)o1)c1cc(Cl)cc(Br)c1OC. The van der Waals surface area contributed by atoms with Gasteiger partial charge in [-0.05, 0) is 69.1 Å². The molecular weight excluding hydrogens is 421 g/mol. The molecule has 0 bridgehead atoms. The Morgan fingerprint density at radius 3 is 2.67 bits per heavy atom. The van der Waals surface area contributed by atoms with Gasteiger partial charge in [0, 0.05) is 10.6 Å². The summed E-state index contributed by atoms with van der Waals surface area (Å²) in [5, 5.41) is 4.12. The van der Waals surface area contributed by atoms with Crippen LogP contribution in [0.1, 0.15) is 30.7 Å². The zero-order valence-corrected chi connectivity index (χ0v) is 15.7. The number of methoxy groups -OCH3 is 1. The van der Waals surface area contributed by atoms with E-state index in [-0.39, 0.29) is 6.04 Å². The second kappa shape index (κ2) is 7.68. The summed E-state index contributed by atoms with van der Waals surface area (Å²) in [7, 11) is 1.65. The van der Waals surface area contributed by atoms with Gasteiger partial charge >= 0.3 is 0 Å². The molecule has 0 spiro atoms. The summed E-state index contributed by atoms with van der Waals surface area (Å²) < 4.78 is 12.8. The summed E-state index contributed by atoms with van der Waals surface area (Å²) in [5.74, 6) is 1.56. The molecule has 0 aliphatic carbocycles. The van der Waals surface area contributed by atoms with E-state index in [1.807, 2.05) is 24.3 Å². The lowest BCUT2D eigenvalue weighted by Crippen LogP contribution is -2.23. The number of furan rings is 1. The van der Waals surface area contributed by atoms with E-state index in [0.29, 0.717) is 9.69 Å². The van der Waals surface area contributed by atoms with Crippen molar-refractivity contribution in [1.82, 2.24) is 5.32 Å². The van der Waals surface area contributed by atoms with Gasteiger partial charge in [-0.15, -0.1) is 0 Å². The third-order valence-electron chi connectivity index (χ3n) is 3.03. The first-order valence-electron chi connectivity index (χ1n) is 6.58. The van der Waals surface area contributed by atoms with Crippen molar-refractivity contribution in [2.45, 2.75) is 19.4 Å². The lowest BCUT2D eigenvalue weighted by molar-refractivity contribution is 0.387. The normalized spacial score (nSPS) is 12.4. The molecule has 1 heterocycles. The molecule has 6 heteroatoms. The first-order chi connectivity index (χ1) is 10.1. The van der Waals surface area contributed by atoms with Crippen LogP contribution in [-0.2, 0) is 0 Å². The van der Waals surface area contributed by atoms with E-state index in [0.717, 1.165) is 34.5 Å². The maximum absolute atomic E-state index is 6.20. The Hall–Kier alpha value is -0.490. The number of hydrogen-bond acceptors (Lipinski definition) is 3. The molecule has 1 N–H and O–H groups in total. The first-order valence-corrected chi connectivity index (χ1v) is 8.54. The number of hydrogen-bond donors (Lipinski definition) is 1. The Bertz CT molecular complexity index is 616. The van der Waals surface area contributed by atoms with Crippen LogP contribution in [0.4, 0.5) is 0 Å². The van der Waals surface area contributed by atoms with Crippen LogP contribution in [0.3, 0.4) is 0 Å². The number of nitrogens with one attached hydrogen (secondary N) is 1. The number of benzene rings is 1. The van der Waals surface area contributed by atoms with Gasteiger partial charge in [0.15, 0.2) is 4.67 Å². The van der Waals surface area contributed by atoms with E-state index < -0.39 is 0 Å². The summed E-state index contributed by atoms with van der Waals surface area (Å²) in [4.78, 5) is 0. The van der Waals surface area contributed by atoms with Gasteiger partial charge in [0.1, 0.15) is 11.5 Å². The standard InChI is InChI=1S/C15H16Br2ClNO2/c1-3-6-19-14(12-4-5-13(17)21-12)10-7-9(18)8-11(16)15(10)20-2/h4-5,7-8,14,19H,3,6H2,1-2H3. The van der Waals surface area contributed by atoms with Crippen LogP contribution in [0.15, 0.2) is 37.8 Å². The Morgan fingerprint density at radius 1 is 1.33 bits per heavy atom. The summed E-state index contributed by atoms with van der Waals surface area (Å²) in [6, 6.07) is 7.41. The molecule has 2 aromatic rings. The predicted octanol–water partition coefficient (Wildman–Crippen LogP) is 5.56. The molecule has 0 radical (unpaired) electrons. The fourth-order valence-electron chi connectivity index (χ4n) is 2.15. The van der Waals surface area contributed by atoms with Gasteiger partial charge in [-0.3, -0.25) is 0 Å². The van der Waals surface area contributed by atoms with Crippen LogP contribution in [0.25, 0.3) is 0 Å². The minimum absolute atomic E-state index is 0.124. The molecule has 0 fully saturated rings. The van der Waals surface area contributed by atoms with Crippen molar-refractivity contribution in [3.05, 3.63) is 49.8 Å². The maximum Gasteiger partial charge on any atom is 0.169 e. The molecule has 1 aromatic carbocycles.